The number of nitrogens with two attached hydrogens (primary N) is 1. The minimum Gasteiger partial charge on any atom is -0.363 e. The third kappa shape index (κ3) is 2.50. The van der Waals surface area contributed by atoms with Crippen LogP contribution in [0.15, 0.2) is 6.33 Å². The highest BCUT2D eigenvalue weighted by Gasteiger charge is 2.31. The minimum atomic E-state index is -0.394. The second-order valence-electron chi connectivity index (χ2n) is 5.33. The number of rotatable bonds is 3. The van der Waals surface area contributed by atoms with E-state index in [0.29, 0.717) is 0 Å². The first-order valence-electron chi connectivity index (χ1n) is 6.96. The minimum absolute atomic E-state index is 0.0857. The highest BCUT2D eigenvalue weighted by molar-refractivity contribution is 5.80. The second-order valence-corrected chi connectivity index (χ2v) is 5.33. The van der Waals surface area contributed by atoms with Crippen LogP contribution in [0.2, 0.25) is 0 Å². The first kappa shape index (κ1) is 12.6. The molecule has 19 heavy (non-hydrogen) atoms. The molecule has 2 aliphatic rings. The van der Waals surface area contributed by atoms with E-state index in [1.54, 1.807) is 0 Å². The van der Waals surface area contributed by atoms with Crippen molar-refractivity contribution in [1.29, 1.82) is 0 Å². The summed E-state index contributed by atoms with van der Waals surface area (Å²) in [4.78, 5) is 15.9. The van der Waals surface area contributed by atoms with E-state index in [2.05, 4.69) is 15.0 Å². The molecule has 3 rings (SSSR count). The van der Waals surface area contributed by atoms with Crippen molar-refractivity contribution < 1.29 is 9.53 Å². The predicted octanol–water partition coefficient (Wildman–Crippen LogP) is 0.299. The third-order valence-electron chi connectivity index (χ3n) is 4.05. The average molecular weight is 264 g/mol. The molecule has 0 bridgehead atoms. The van der Waals surface area contributed by atoms with E-state index in [0.717, 1.165) is 32.2 Å². The summed E-state index contributed by atoms with van der Waals surface area (Å²) in [6.07, 6.45) is 7.91. The van der Waals surface area contributed by atoms with Gasteiger partial charge >= 0.3 is 0 Å². The van der Waals surface area contributed by atoms with E-state index in [-0.39, 0.29) is 12.0 Å². The number of carbonyl (C=O) groups is 1. The van der Waals surface area contributed by atoms with Crippen molar-refractivity contribution >= 4 is 5.91 Å². The number of aromatic nitrogens is 2. The Hall–Kier alpha value is -1.40. The maximum absolute atomic E-state index is 11.4. The average Bonchev–Trinajstić information content (AvgIpc) is 3.06. The Bertz CT molecular complexity index is 471. The van der Waals surface area contributed by atoms with Crippen LogP contribution in [0.1, 0.15) is 37.1 Å². The van der Waals surface area contributed by atoms with Crippen LogP contribution >= 0.6 is 0 Å². The molecule has 1 aromatic heterocycles. The van der Waals surface area contributed by atoms with Crippen LogP contribution in [0.5, 0.6) is 0 Å². The van der Waals surface area contributed by atoms with Gasteiger partial charge in [-0.25, -0.2) is 10.8 Å². The molecule has 0 saturated carbocycles. The van der Waals surface area contributed by atoms with Crippen molar-refractivity contribution in [2.24, 2.45) is 5.84 Å². The van der Waals surface area contributed by atoms with E-state index < -0.39 is 6.10 Å². The van der Waals surface area contributed by atoms with E-state index in [9.17, 15) is 4.79 Å². The molecule has 2 atom stereocenters. The van der Waals surface area contributed by atoms with E-state index in [1.807, 2.05) is 6.33 Å². The largest absolute Gasteiger partial charge is 0.363 e. The molecule has 1 saturated heterocycles. The molecular formula is C13H20N4O2. The number of imidazole rings is 1. The van der Waals surface area contributed by atoms with Crippen LogP contribution in [0, 0.1) is 0 Å². The molecule has 1 fully saturated rings. The maximum atomic E-state index is 11.4. The number of ether oxygens (including phenoxy) is 1. The summed E-state index contributed by atoms with van der Waals surface area (Å²) in [5.41, 5.74) is 4.74. The molecule has 0 aromatic carbocycles. The summed E-state index contributed by atoms with van der Waals surface area (Å²) in [6, 6.07) is 0. The molecule has 1 aliphatic carbocycles. The van der Waals surface area contributed by atoms with Gasteiger partial charge in [-0.1, -0.05) is 0 Å². The van der Waals surface area contributed by atoms with Gasteiger partial charge in [-0.3, -0.25) is 10.2 Å². The van der Waals surface area contributed by atoms with Gasteiger partial charge in [-0.2, -0.15) is 0 Å². The van der Waals surface area contributed by atoms with Gasteiger partial charge in [-0.15, -0.1) is 0 Å². The summed E-state index contributed by atoms with van der Waals surface area (Å²) in [7, 11) is 0. The van der Waals surface area contributed by atoms with Crippen molar-refractivity contribution in [1.82, 2.24) is 15.0 Å². The number of fused-ring (bicyclic) bond motifs is 1. The lowest BCUT2D eigenvalue weighted by Gasteiger charge is -2.17. The Morgan fingerprint density at radius 1 is 1.47 bits per heavy atom. The maximum Gasteiger partial charge on any atom is 0.263 e. The van der Waals surface area contributed by atoms with Gasteiger partial charge in [0.15, 0.2) is 0 Å². The first-order valence-corrected chi connectivity index (χ1v) is 6.96. The fraction of sp³-hybridized carbons (Fsp3) is 0.692. The fourth-order valence-corrected chi connectivity index (χ4v) is 3.03. The Balaban J connectivity index is 1.63. The van der Waals surface area contributed by atoms with Gasteiger partial charge < -0.3 is 9.30 Å². The van der Waals surface area contributed by atoms with Crippen LogP contribution in [-0.2, 0) is 28.9 Å². The van der Waals surface area contributed by atoms with Gasteiger partial charge in [0.25, 0.3) is 5.91 Å². The summed E-state index contributed by atoms with van der Waals surface area (Å²) < 4.78 is 7.93. The summed E-state index contributed by atoms with van der Waals surface area (Å²) in [5, 5.41) is 0. The zero-order valence-corrected chi connectivity index (χ0v) is 11.0. The van der Waals surface area contributed by atoms with Crippen molar-refractivity contribution in [3.63, 3.8) is 0 Å². The molecule has 104 valence electrons. The number of hydrazine groups is 1. The molecule has 1 aromatic rings. The molecule has 3 N–H and O–H groups in total. The van der Waals surface area contributed by atoms with Gasteiger partial charge in [-0.05, 0) is 38.5 Å². The molecule has 0 radical (unpaired) electrons. The van der Waals surface area contributed by atoms with Crippen LogP contribution in [-0.4, -0.2) is 27.7 Å². The number of aryl methyl sites for hydroxylation is 1. The van der Waals surface area contributed by atoms with Gasteiger partial charge in [0.2, 0.25) is 0 Å². The lowest BCUT2D eigenvalue weighted by Crippen LogP contribution is -2.39. The van der Waals surface area contributed by atoms with Crippen LogP contribution in [0.4, 0.5) is 0 Å². The number of hydrogen-bond acceptors (Lipinski definition) is 4. The predicted molar refractivity (Wildman–Crippen MR) is 69.1 cm³/mol. The molecule has 6 nitrogen and oxygen atoms in total. The second kappa shape index (κ2) is 5.30. The van der Waals surface area contributed by atoms with Crippen molar-refractivity contribution in [2.45, 2.75) is 57.3 Å². The normalized spacial score (nSPS) is 26.2. The molecule has 1 aliphatic heterocycles. The molecule has 2 unspecified atom stereocenters. The summed E-state index contributed by atoms with van der Waals surface area (Å²) >= 11 is 0. The van der Waals surface area contributed by atoms with Crippen LogP contribution in [0.3, 0.4) is 0 Å². The SMILES string of the molecule is NNC(=O)C1CCC(Cn2cnc3c2CCCC3)O1. The van der Waals surface area contributed by atoms with E-state index in [4.69, 9.17) is 10.6 Å². The smallest absolute Gasteiger partial charge is 0.263 e. The number of nitrogens with one attached hydrogen (secondary N) is 1. The summed E-state index contributed by atoms with van der Waals surface area (Å²) in [6.45, 7) is 0.788. The van der Waals surface area contributed by atoms with Crippen molar-refractivity contribution in [2.75, 3.05) is 0 Å². The topological polar surface area (TPSA) is 82.2 Å². The van der Waals surface area contributed by atoms with Crippen molar-refractivity contribution in [3.05, 3.63) is 17.7 Å². The lowest BCUT2D eigenvalue weighted by atomic mass is 10.0. The van der Waals surface area contributed by atoms with Gasteiger partial charge in [0.05, 0.1) is 24.7 Å². The van der Waals surface area contributed by atoms with Crippen molar-refractivity contribution in [3.8, 4) is 0 Å². The zero-order chi connectivity index (χ0) is 13.2. The monoisotopic (exact) mass is 264 g/mol. The third-order valence-corrected chi connectivity index (χ3v) is 4.05. The highest BCUT2D eigenvalue weighted by atomic mass is 16.5. The van der Waals surface area contributed by atoms with E-state index >= 15 is 0 Å². The fourth-order valence-electron chi connectivity index (χ4n) is 3.03. The Labute approximate surface area is 112 Å². The molecule has 6 heteroatoms. The Kier molecular flexibility index (Phi) is 3.52. The standard InChI is InChI=1S/C13H20N4O2/c14-16-13(18)12-6-5-9(19-12)7-17-8-15-10-3-1-2-4-11(10)17/h8-9,12H,1-7,14H2,(H,16,18). The number of carbonyl (C=O) groups excluding carboxylic acids is 1. The first-order chi connectivity index (χ1) is 9.28. The van der Waals surface area contributed by atoms with Crippen LogP contribution < -0.4 is 11.3 Å². The van der Waals surface area contributed by atoms with Gasteiger partial charge in [0, 0.05) is 5.69 Å². The van der Waals surface area contributed by atoms with E-state index in [1.165, 1.54) is 24.2 Å². The molecule has 0 spiro atoms. The number of nitrogens with zero attached hydrogens (tertiary/aromatic N) is 2. The lowest BCUT2D eigenvalue weighted by molar-refractivity contribution is -0.132. The molecule has 2 heterocycles. The summed E-state index contributed by atoms with van der Waals surface area (Å²) in [5.74, 6) is 4.90. The van der Waals surface area contributed by atoms with Crippen LogP contribution in [0.25, 0.3) is 0 Å². The highest BCUT2D eigenvalue weighted by Crippen LogP contribution is 2.24. The Morgan fingerprint density at radius 2 is 2.32 bits per heavy atom. The number of amides is 1. The quantitative estimate of drug-likeness (QED) is 0.467. The van der Waals surface area contributed by atoms with Gasteiger partial charge in [0.1, 0.15) is 6.10 Å². The number of hydrogen-bond donors (Lipinski definition) is 2. The molecule has 1 amide bonds. The zero-order valence-electron chi connectivity index (χ0n) is 11.0. The molecular weight excluding hydrogens is 244 g/mol. The Morgan fingerprint density at radius 3 is 3.16 bits per heavy atom.